The summed E-state index contributed by atoms with van der Waals surface area (Å²) in [5.74, 6) is -0.258. The zero-order chi connectivity index (χ0) is 14.7. The van der Waals surface area contributed by atoms with E-state index in [1.54, 1.807) is 17.4 Å². The monoisotopic (exact) mass is 277 g/mol. The standard InChI is InChI=1S/C13H19N5O2/c1-16(2)6-7-18(8-11(19)20)13-12-10(4-5-14-13)17(3)9-15-12/h4-5,9H,6-8H2,1-3H3,(H,19,20). The molecule has 0 aromatic carbocycles. The van der Waals surface area contributed by atoms with Crippen molar-refractivity contribution in [3.63, 3.8) is 0 Å². The summed E-state index contributed by atoms with van der Waals surface area (Å²) in [5.41, 5.74) is 1.67. The highest BCUT2D eigenvalue weighted by Gasteiger charge is 2.17. The summed E-state index contributed by atoms with van der Waals surface area (Å²) in [6, 6.07) is 1.87. The Bertz CT molecular complexity index is 608. The molecule has 0 aliphatic carbocycles. The van der Waals surface area contributed by atoms with Crippen molar-refractivity contribution in [1.29, 1.82) is 0 Å². The molecule has 1 N–H and O–H groups in total. The maximum absolute atomic E-state index is 11.1. The molecule has 0 fully saturated rings. The molecular formula is C13H19N5O2. The van der Waals surface area contributed by atoms with Gasteiger partial charge < -0.3 is 19.5 Å². The predicted molar refractivity (Wildman–Crippen MR) is 76.9 cm³/mol. The van der Waals surface area contributed by atoms with Gasteiger partial charge in [-0.3, -0.25) is 4.79 Å². The lowest BCUT2D eigenvalue weighted by molar-refractivity contribution is -0.135. The number of likely N-dealkylation sites (N-methyl/N-ethyl adjacent to an activating group) is 1. The van der Waals surface area contributed by atoms with E-state index in [-0.39, 0.29) is 6.54 Å². The van der Waals surface area contributed by atoms with E-state index < -0.39 is 5.97 Å². The molecule has 2 aromatic heterocycles. The van der Waals surface area contributed by atoms with Gasteiger partial charge in [0.15, 0.2) is 5.82 Å². The van der Waals surface area contributed by atoms with E-state index in [1.807, 2.05) is 36.7 Å². The van der Waals surface area contributed by atoms with E-state index in [0.717, 1.165) is 17.6 Å². The molecule has 7 heteroatoms. The molecule has 20 heavy (non-hydrogen) atoms. The summed E-state index contributed by atoms with van der Waals surface area (Å²) < 4.78 is 1.89. The van der Waals surface area contributed by atoms with Crippen LogP contribution in [0.1, 0.15) is 0 Å². The van der Waals surface area contributed by atoms with Gasteiger partial charge in [-0.25, -0.2) is 9.97 Å². The highest BCUT2D eigenvalue weighted by molar-refractivity contribution is 5.88. The average Bonchev–Trinajstić information content (AvgIpc) is 2.76. The molecule has 0 saturated heterocycles. The molecule has 0 unspecified atom stereocenters. The third-order valence-corrected chi connectivity index (χ3v) is 3.07. The lowest BCUT2D eigenvalue weighted by Crippen LogP contribution is -2.36. The molecule has 2 aromatic rings. The number of hydrogen-bond acceptors (Lipinski definition) is 5. The molecule has 0 saturated carbocycles. The molecule has 2 heterocycles. The van der Waals surface area contributed by atoms with Crippen LogP contribution in [-0.2, 0) is 11.8 Å². The highest BCUT2D eigenvalue weighted by atomic mass is 16.4. The number of imidazole rings is 1. The molecule has 7 nitrogen and oxygen atoms in total. The normalized spacial score (nSPS) is 11.2. The van der Waals surface area contributed by atoms with E-state index in [0.29, 0.717) is 12.4 Å². The molecule has 0 spiro atoms. The number of anilines is 1. The first-order chi connectivity index (χ1) is 9.49. The number of aromatic nitrogens is 3. The van der Waals surface area contributed by atoms with Crippen LogP contribution in [0.3, 0.4) is 0 Å². The Hall–Kier alpha value is -2.15. The number of fused-ring (bicyclic) bond motifs is 1. The third kappa shape index (κ3) is 3.05. The van der Waals surface area contributed by atoms with Gasteiger partial charge in [0, 0.05) is 26.3 Å². The van der Waals surface area contributed by atoms with Crippen LogP contribution in [0.2, 0.25) is 0 Å². The molecule has 0 bridgehead atoms. The van der Waals surface area contributed by atoms with Gasteiger partial charge >= 0.3 is 5.97 Å². The van der Waals surface area contributed by atoms with Gasteiger partial charge in [-0.2, -0.15) is 0 Å². The van der Waals surface area contributed by atoms with Gasteiger partial charge in [0.05, 0.1) is 11.8 Å². The van der Waals surface area contributed by atoms with Gasteiger partial charge in [0.2, 0.25) is 0 Å². The number of hydrogen-bond donors (Lipinski definition) is 1. The zero-order valence-electron chi connectivity index (χ0n) is 11.9. The average molecular weight is 277 g/mol. The van der Waals surface area contributed by atoms with E-state index in [1.165, 1.54) is 0 Å². The SMILES string of the molecule is CN(C)CCN(CC(=O)O)c1nccc2c1ncn2C. The van der Waals surface area contributed by atoms with Crippen molar-refractivity contribution in [3.05, 3.63) is 18.6 Å². The summed E-state index contributed by atoms with van der Waals surface area (Å²) in [6.45, 7) is 1.25. The van der Waals surface area contributed by atoms with Crippen molar-refractivity contribution in [2.24, 2.45) is 7.05 Å². The van der Waals surface area contributed by atoms with Crippen LogP contribution < -0.4 is 4.90 Å². The molecule has 0 aliphatic heterocycles. The van der Waals surface area contributed by atoms with Crippen LogP contribution in [0.25, 0.3) is 11.0 Å². The maximum atomic E-state index is 11.1. The van der Waals surface area contributed by atoms with Crippen molar-refractivity contribution in [3.8, 4) is 0 Å². The van der Waals surface area contributed by atoms with Crippen LogP contribution in [0, 0.1) is 0 Å². The quantitative estimate of drug-likeness (QED) is 0.825. The predicted octanol–water partition coefficient (Wildman–Crippen LogP) is 0.421. The second kappa shape index (κ2) is 5.87. The first kappa shape index (κ1) is 14.3. The fraction of sp³-hybridized carbons (Fsp3) is 0.462. The largest absolute Gasteiger partial charge is 0.480 e. The molecule has 0 aliphatic rings. The topological polar surface area (TPSA) is 74.5 Å². The van der Waals surface area contributed by atoms with Gasteiger partial charge in [0.25, 0.3) is 0 Å². The van der Waals surface area contributed by atoms with Crippen molar-refractivity contribution in [2.45, 2.75) is 0 Å². The fourth-order valence-corrected chi connectivity index (χ4v) is 2.02. The highest BCUT2D eigenvalue weighted by Crippen LogP contribution is 2.22. The van der Waals surface area contributed by atoms with E-state index in [9.17, 15) is 4.79 Å². The minimum absolute atomic E-state index is 0.0868. The van der Waals surface area contributed by atoms with Crippen LogP contribution in [-0.4, -0.2) is 64.2 Å². The number of carboxylic acid groups (broad SMARTS) is 1. The number of nitrogens with zero attached hydrogens (tertiary/aromatic N) is 5. The van der Waals surface area contributed by atoms with E-state index in [4.69, 9.17) is 5.11 Å². The summed E-state index contributed by atoms with van der Waals surface area (Å²) in [7, 11) is 5.81. The second-order valence-corrected chi connectivity index (χ2v) is 4.98. The summed E-state index contributed by atoms with van der Waals surface area (Å²) in [4.78, 5) is 23.5. The number of pyridine rings is 1. The van der Waals surface area contributed by atoms with Crippen molar-refractivity contribution < 1.29 is 9.90 Å². The smallest absolute Gasteiger partial charge is 0.323 e. The summed E-state index contributed by atoms with van der Waals surface area (Å²) >= 11 is 0. The molecular weight excluding hydrogens is 258 g/mol. The van der Waals surface area contributed by atoms with Crippen LogP contribution in [0.15, 0.2) is 18.6 Å². The number of rotatable bonds is 6. The number of carboxylic acids is 1. The first-order valence-corrected chi connectivity index (χ1v) is 6.36. The Morgan fingerprint density at radius 2 is 2.10 bits per heavy atom. The van der Waals surface area contributed by atoms with Crippen molar-refractivity contribution >= 4 is 22.8 Å². The molecule has 2 rings (SSSR count). The second-order valence-electron chi connectivity index (χ2n) is 4.98. The maximum Gasteiger partial charge on any atom is 0.323 e. The molecule has 108 valence electrons. The van der Waals surface area contributed by atoms with Gasteiger partial charge in [-0.15, -0.1) is 0 Å². The Labute approximate surface area is 117 Å². The van der Waals surface area contributed by atoms with Gasteiger partial charge in [-0.1, -0.05) is 0 Å². The Morgan fingerprint density at radius 3 is 2.75 bits per heavy atom. The number of carbonyl (C=O) groups is 1. The lowest BCUT2D eigenvalue weighted by atomic mass is 10.3. The Kier molecular flexibility index (Phi) is 4.19. The lowest BCUT2D eigenvalue weighted by Gasteiger charge is -2.23. The van der Waals surface area contributed by atoms with Crippen LogP contribution >= 0.6 is 0 Å². The molecule has 0 amide bonds. The van der Waals surface area contributed by atoms with Crippen LogP contribution in [0.5, 0.6) is 0 Å². The fourth-order valence-electron chi connectivity index (χ4n) is 2.02. The van der Waals surface area contributed by atoms with E-state index in [2.05, 4.69) is 9.97 Å². The zero-order valence-corrected chi connectivity index (χ0v) is 11.9. The summed E-state index contributed by atoms with van der Waals surface area (Å²) in [6.07, 6.45) is 3.39. The van der Waals surface area contributed by atoms with Crippen LogP contribution in [0.4, 0.5) is 5.82 Å². The molecule has 0 atom stereocenters. The van der Waals surface area contributed by atoms with Crippen molar-refractivity contribution in [1.82, 2.24) is 19.4 Å². The molecule has 0 radical (unpaired) electrons. The first-order valence-electron chi connectivity index (χ1n) is 6.36. The van der Waals surface area contributed by atoms with E-state index >= 15 is 0 Å². The number of aryl methyl sites for hydroxylation is 1. The Morgan fingerprint density at radius 1 is 1.35 bits per heavy atom. The minimum atomic E-state index is -0.876. The number of aliphatic carboxylic acids is 1. The van der Waals surface area contributed by atoms with Gasteiger partial charge in [-0.05, 0) is 20.2 Å². The van der Waals surface area contributed by atoms with Crippen molar-refractivity contribution in [2.75, 3.05) is 38.6 Å². The minimum Gasteiger partial charge on any atom is -0.480 e. The van der Waals surface area contributed by atoms with Gasteiger partial charge in [0.1, 0.15) is 12.1 Å². The summed E-state index contributed by atoms with van der Waals surface area (Å²) in [5, 5.41) is 9.08. The Balaban J connectivity index is 2.36. The third-order valence-electron chi connectivity index (χ3n) is 3.07.